The van der Waals surface area contributed by atoms with Gasteiger partial charge in [-0.2, -0.15) is 0 Å². The van der Waals surface area contributed by atoms with Gasteiger partial charge in [0.25, 0.3) is 11.8 Å². The lowest BCUT2D eigenvalue weighted by atomic mass is 10.1. The van der Waals surface area contributed by atoms with Gasteiger partial charge in [-0.25, -0.2) is 0 Å². The predicted octanol–water partition coefficient (Wildman–Crippen LogP) is 4.26. The van der Waals surface area contributed by atoms with Crippen molar-refractivity contribution in [2.45, 2.75) is 32.6 Å². The molecule has 2 aromatic rings. The Morgan fingerprint density at radius 3 is 2.24 bits per heavy atom. The summed E-state index contributed by atoms with van der Waals surface area (Å²) in [6, 6.07) is 14.6. The Kier molecular flexibility index (Phi) is 5.49. The molecule has 1 fully saturated rings. The molecule has 0 unspecified atom stereocenters. The van der Waals surface area contributed by atoms with Crippen molar-refractivity contribution in [1.29, 1.82) is 0 Å². The fourth-order valence-electron chi connectivity index (χ4n) is 3.09. The molecular weight excluding hydrogens is 312 g/mol. The first-order valence-corrected chi connectivity index (χ1v) is 8.91. The zero-order chi connectivity index (χ0) is 17.6. The van der Waals surface area contributed by atoms with Crippen molar-refractivity contribution in [2.24, 2.45) is 0 Å². The number of carbonyl (C=O) groups excluding carboxylic acids is 2. The van der Waals surface area contributed by atoms with Crippen molar-refractivity contribution in [3.8, 4) is 0 Å². The standard InChI is InChI=1S/C21H24N2O2/c1-16-9-11-17(12-10-16)20(24)22-19-8-6-7-18(15-19)21(25)23-13-4-2-3-5-14-23/h6-12,15H,2-5,13-14H2,1H3,(H,22,24). The topological polar surface area (TPSA) is 49.4 Å². The van der Waals surface area contributed by atoms with E-state index in [1.165, 1.54) is 12.8 Å². The summed E-state index contributed by atoms with van der Waals surface area (Å²) in [5.41, 5.74) is 2.99. The maximum Gasteiger partial charge on any atom is 0.255 e. The second-order valence-electron chi connectivity index (χ2n) is 6.61. The summed E-state index contributed by atoms with van der Waals surface area (Å²) in [6.07, 6.45) is 4.51. The number of benzene rings is 2. The van der Waals surface area contributed by atoms with E-state index in [0.717, 1.165) is 31.5 Å². The van der Waals surface area contributed by atoms with Gasteiger partial charge in [0.05, 0.1) is 0 Å². The smallest absolute Gasteiger partial charge is 0.255 e. The maximum atomic E-state index is 12.7. The van der Waals surface area contributed by atoms with Crippen LogP contribution in [-0.2, 0) is 0 Å². The molecule has 3 rings (SSSR count). The van der Waals surface area contributed by atoms with Gasteiger partial charge in [-0.3, -0.25) is 9.59 Å². The molecule has 0 aromatic heterocycles. The van der Waals surface area contributed by atoms with Crippen LogP contribution >= 0.6 is 0 Å². The minimum absolute atomic E-state index is 0.0494. The SMILES string of the molecule is Cc1ccc(C(=O)Nc2cccc(C(=O)N3CCCCCC3)c2)cc1. The highest BCUT2D eigenvalue weighted by Crippen LogP contribution is 2.17. The zero-order valence-corrected chi connectivity index (χ0v) is 14.6. The van der Waals surface area contributed by atoms with Crippen LogP contribution in [0.15, 0.2) is 48.5 Å². The van der Waals surface area contributed by atoms with E-state index in [2.05, 4.69) is 5.32 Å². The van der Waals surface area contributed by atoms with Crippen LogP contribution in [0.5, 0.6) is 0 Å². The van der Waals surface area contributed by atoms with Crippen molar-refractivity contribution in [1.82, 2.24) is 4.90 Å². The molecule has 130 valence electrons. The van der Waals surface area contributed by atoms with Crippen molar-refractivity contribution in [3.05, 3.63) is 65.2 Å². The van der Waals surface area contributed by atoms with Crippen LogP contribution in [0, 0.1) is 6.92 Å². The number of aryl methyl sites for hydroxylation is 1. The second kappa shape index (κ2) is 7.97. The van der Waals surface area contributed by atoms with Crippen LogP contribution in [0.4, 0.5) is 5.69 Å². The largest absolute Gasteiger partial charge is 0.339 e. The minimum atomic E-state index is -0.167. The molecule has 25 heavy (non-hydrogen) atoms. The number of hydrogen-bond acceptors (Lipinski definition) is 2. The Hall–Kier alpha value is -2.62. The van der Waals surface area contributed by atoms with E-state index < -0.39 is 0 Å². The predicted molar refractivity (Wildman–Crippen MR) is 99.9 cm³/mol. The number of amides is 2. The summed E-state index contributed by atoms with van der Waals surface area (Å²) in [5, 5.41) is 2.88. The van der Waals surface area contributed by atoms with Crippen LogP contribution < -0.4 is 5.32 Å². The number of likely N-dealkylation sites (tertiary alicyclic amines) is 1. The summed E-state index contributed by atoms with van der Waals surface area (Å²) in [5.74, 6) is -0.118. The number of hydrogen-bond donors (Lipinski definition) is 1. The molecule has 0 bridgehead atoms. The molecule has 0 saturated carbocycles. The van der Waals surface area contributed by atoms with E-state index in [9.17, 15) is 9.59 Å². The first-order valence-electron chi connectivity index (χ1n) is 8.91. The molecule has 1 N–H and O–H groups in total. The van der Waals surface area contributed by atoms with Gasteiger partial charge in [0.15, 0.2) is 0 Å². The molecule has 0 spiro atoms. The Balaban J connectivity index is 1.71. The van der Waals surface area contributed by atoms with Crippen molar-refractivity contribution in [2.75, 3.05) is 18.4 Å². The molecule has 4 nitrogen and oxygen atoms in total. The molecule has 0 atom stereocenters. The van der Waals surface area contributed by atoms with E-state index in [1.807, 2.05) is 42.2 Å². The Morgan fingerprint density at radius 2 is 1.56 bits per heavy atom. The molecular formula is C21H24N2O2. The molecule has 2 aromatic carbocycles. The Bertz CT molecular complexity index is 745. The highest BCUT2D eigenvalue weighted by Gasteiger charge is 2.17. The molecule has 1 heterocycles. The van der Waals surface area contributed by atoms with Crippen LogP contribution in [0.3, 0.4) is 0 Å². The summed E-state index contributed by atoms with van der Waals surface area (Å²) in [6.45, 7) is 3.62. The van der Waals surface area contributed by atoms with Crippen molar-refractivity contribution >= 4 is 17.5 Å². The highest BCUT2D eigenvalue weighted by molar-refractivity contribution is 6.05. The van der Waals surface area contributed by atoms with Gasteiger partial charge >= 0.3 is 0 Å². The summed E-state index contributed by atoms with van der Waals surface area (Å²) in [4.78, 5) is 27.0. The third-order valence-electron chi connectivity index (χ3n) is 4.57. The van der Waals surface area contributed by atoms with E-state index in [4.69, 9.17) is 0 Å². The van der Waals surface area contributed by atoms with Crippen LogP contribution in [0.1, 0.15) is 52.0 Å². The maximum absolute atomic E-state index is 12.7. The van der Waals surface area contributed by atoms with Crippen LogP contribution in [0.2, 0.25) is 0 Å². The zero-order valence-electron chi connectivity index (χ0n) is 14.6. The number of anilines is 1. The van der Waals surface area contributed by atoms with E-state index in [-0.39, 0.29) is 11.8 Å². The number of nitrogens with one attached hydrogen (secondary N) is 1. The van der Waals surface area contributed by atoms with E-state index in [1.54, 1.807) is 18.2 Å². The lowest BCUT2D eigenvalue weighted by Gasteiger charge is -2.20. The number of rotatable bonds is 3. The summed E-state index contributed by atoms with van der Waals surface area (Å²) < 4.78 is 0. The van der Waals surface area contributed by atoms with Crippen molar-refractivity contribution < 1.29 is 9.59 Å². The lowest BCUT2D eigenvalue weighted by molar-refractivity contribution is 0.0761. The van der Waals surface area contributed by atoms with Gasteiger partial charge in [0, 0.05) is 29.9 Å². The number of carbonyl (C=O) groups is 2. The molecule has 1 aliphatic heterocycles. The van der Waals surface area contributed by atoms with E-state index in [0.29, 0.717) is 16.8 Å². The van der Waals surface area contributed by atoms with Gasteiger partial charge in [-0.1, -0.05) is 36.6 Å². The second-order valence-corrected chi connectivity index (χ2v) is 6.61. The molecule has 0 radical (unpaired) electrons. The average Bonchev–Trinajstić information content (AvgIpc) is 2.91. The monoisotopic (exact) mass is 336 g/mol. The first kappa shape index (κ1) is 17.2. The van der Waals surface area contributed by atoms with Crippen LogP contribution in [0.25, 0.3) is 0 Å². The highest BCUT2D eigenvalue weighted by atomic mass is 16.2. The Morgan fingerprint density at radius 1 is 0.880 bits per heavy atom. The average molecular weight is 336 g/mol. The molecule has 1 aliphatic rings. The molecule has 1 saturated heterocycles. The lowest BCUT2D eigenvalue weighted by Crippen LogP contribution is -2.31. The third-order valence-corrected chi connectivity index (χ3v) is 4.57. The Labute approximate surface area is 148 Å². The summed E-state index contributed by atoms with van der Waals surface area (Å²) in [7, 11) is 0. The number of nitrogens with zero attached hydrogens (tertiary/aromatic N) is 1. The van der Waals surface area contributed by atoms with Gasteiger partial charge in [0.1, 0.15) is 0 Å². The fraction of sp³-hybridized carbons (Fsp3) is 0.333. The molecule has 4 heteroatoms. The minimum Gasteiger partial charge on any atom is -0.339 e. The van der Waals surface area contributed by atoms with Crippen molar-refractivity contribution in [3.63, 3.8) is 0 Å². The first-order chi connectivity index (χ1) is 12.1. The molecule has 2 amide bonds. The molecule has 0 aliphatic carbocycles. The summed E-state index contributed by atoms with van der Waals surface area (Å²) >= 11 is 0. The van der Waals surface area contributed by atoms with Gasteiger partial charge in [-0.15, -0.1) is 0 Å². The third kappa shape index (κ3) is 4.47. The van der Waals surface area contributed by atoms with Gasteiger partial charge in [-0.05, 0) is 50.1 Å². The van der Waals surface area contributed by atoms with E-state index >= 15 is 0 Å². The van der Waals surface area contributed by atoms with Crippen LogP contribution in [-0.4, -0.2) is 29.8 Å². The quantitative estimate of drug-likeness (QED) is 0.910. The normalized spacial score (nSPS) is 14.7. The van der Waals surface area contributed by atoms with Gasteiger partial charge < -0.3 is 10.2 Å². The fourth-order valence-corrected chi connectivity index (χ4v) is 3.09. The van der Waals surface area contributed by atoms with Gasteiger partial charge in [0.2, 0.25) is 0 Å².